The molecule has 0 fully saturated rings. The minimum atomic E-state index is -3.16. The summed E-state index contributed by atoms with van der Waals surface area (Å²) in [6.07, 6.45) is 0. The molecule has 0 saturated carbocycles. The van der Waals surface area contributed by atoms with Crippen LogP contribution in [0, 0.1) is 0 Å². The van der Waals surface area contributed by atoms with Gasteiger partial charge in [0.2, 0.25) is 10.0 Å². The van der Waals surface area contributed by atoms with E-state index in [1.807, 2.05) is 13.8 Å². The van der Waals surface area contributed by atoms with Crippen LogP contribution in [-0.4, -0.2) is 47.0 Å². The predicted molar refractivity (Wildman–Crippen MR) is 56.8 cm³/mol. The Morgan fingerprint density at radius 3 is 2.43 bits per heavy atom. The molecule has 2 N–H and O–H groups in total. The zero-order valence-corrected chi connectivity index (χ0v) is 9.86. The van der Waals surface area contributed by atoms with Gasteiger partial charge in [-0.25, -0.2) is 13.1 Å². The fraction of sp³-hybridized carbons (Fsp3) is 1.00. The molecule has 0 spiro atoms. The Morgan fingerprint density at radius 1 is 1.29 bits per heavy atom. The molecule has 0 aliphatic rings. The summed E-state index contributed by atoms with van der Waals surface area (Å²) in [7, 11) is -1.67. The highest BCUT2D eigenvalue weighted by atomic mass is 32.2. The van der Waals surface area contributed by atoms with E-state index >= 15 is 0 Å². The van der Waals surface area contributed by atoms with Gasteiger partial charge in [0.1, 0.15) is 0 Å². The predicted octanol–water partition coefficient (Wildman–Crippen LogP) is -0.450. The zero-order chi connectivity index (χ0) is 11.0. The molecule has 0 aliphatic heterocycles. The zero-order valence-electron chi connectivity index (χ0n) is 9.04. The van der Waals surface area contributed by atoms with E-state index in [4.69, 9.17) is 0 Å². The molecule has 0 radical (unpaired) electrons. The van der Waals surface area contributed by atoms with Gasteiger partial charge in [0, 0.05) is 26.2 Å². The highest BCUT2D eigenvalue weighted by Crippen LogP contribution is 1.83. The quantitative estimate of drug-likeness (QED) is 0.548. The highest BCUT2D eigenvalue weighted by Gasteiger charge is 2.08. The van der Waals surface area contributed by atoms with Crippen molar-refractivity contribution in [1.29, 1.82) is 0 Å². The van der Waals surface area contributed by atoms with Crippen molar-refractivity contribution in [3.63, 3.8) is 0 Å². The fourth-order valence-electron chi connectivity index (χ4n) is 0.833. The van der Waals surface area contributed by atoms with Gasteiger partial charge in [0.25, 0.3) is 0 Å². The average Bonchev–Trinajstić information content (AvgIpc) is 2.09. The molecule has 14 heavy (non-hydrogen) atoms. The molecule has 0 aliphatic carbocycles. The van der Waals surface area contributed by atoms with Gasteiger partial charge in [-0.3, -0.25) is 0 Å². The lowest BCUT2D eigenvalue weighted by Crippen LogP contribution is -2.36. The SMILES string of the molecule is COCCS(=O)(=O)NCCNC(C)C. The smallest absolute Gasteiger partial charge is 0.213 e. The van der Waals surface area contributed by atoms with Crippen molar-refractivity contribution < 1.29 is 13.2 Å². The van der Waals surface area contributed by atoms with Crippen LogP contribution in [0.5, 0.6) is 0 Å². The molecular formula is C8H20N2O3S. The number of hydrogen-bond acceptors (Lipinski definition) is 4. The van der Waals surface area contributed by atoms with Gasteiger partial charge >= 0.3 is 0 Å². The van der Waals surface area contributed by atoms with E-state index in [2.05, 4.69) is 14.8 Å². The van der Waals surface area contributed by atoms with Gasteiger partial charge in [-0.1, -0.05) is 13.8 Å². The van der Waals surface area contributed by atoms with Crippen LogP contribution in [0.2, 0.25) is 0 Å². The molecule has 0 rings (SSSR count). The number of rotatable bonds is 8. The summed E-state index contributed by atoms with van der Waals surface area (Å²) in [5.41, 5.74) is 0. The topological polar surface area (TPSA) is 67.4 Å². The third kappa shape index (κ3) is 8.43. The first-order valence-electron chi connectivity index (χ1n) is 4.67. The Bertz CT molecular complexity index is 227. The van der Waals surface area contributed by atoms with E-state index in [0.29, 0.717) is 19.1 Å². The second-order valence-electron chi connectivity index (χ2n) is 3.31. The van der Waals surface area contributed by atoms with Crippen molar-refractivity contribution in [1.82, 2.24) is 10.0 Å². The molecule has 0 bridgehead atoms. The van der Waals surface area contributed by atoms with Crippen LogP contribution in [0.25, 0.3) is 0 Å². The van der Waals surface area contributed by atoms with Gasteiger partial charge in [0.05, 0.1) is 12.4 Å². The second kappa shape index (κ2) is 7.17. The lowest BCUT2D eigenvalue weighted by molar-refractivity contribution is 0.217. The van der Waals surface area contributed by atoms with Crippen molar-refractivity contribution in [2.45, 2.75) is 19.9 Å². The van der Waals surface area contributed by atoms with Gasteiger partial charge in [-0.2, -0.15) is 0 Å². The summed E-state index contributed by atoms with van der Waals surface area (Å²) in [6.45, 7) is 5.32. The van der Waals surface area contributed by atoms with Crippen molar-refractivity contribution in [3.05, 3.63) is 0 Å². The fourth-order valence-corrected chi connectivity index (χ4v) is 1.78. The Kier molecular flexibility index (Phi) is 7.08. The summed E-state index contributed by atoms with van der Waals surface area (Å²) in [4.78, 5) is 0. The molecule has 6 heteroatoms. The van der Waals surface area contributed by atoms with Gasteiger partial charge in [0.15, 0.2) is 0 Å². The molecule has 0 aromatic heterocycles. The average molecular weight is 224 g/mol. The molecule has 0 atom stereocenters. The van der Waals surface area contributed by atoms with Gasteiger partial charge in [-0.15, -0.1) is 0 Å². The van der Waals surface area contributed by atoms with E-state index in [0.717, 1.165) is 0 Å². The minimum Gasteiger partial charge on any atom is -0.384 e. The minimum absolute atomic E-state index is 0.0190. The Balaban J connectivity index is 3.56. The first-order chi connectivity index (χ1) is 6.48. The van der Waals surface area contributed by atoms with Crippen LogP contribution in [0.15, 0.2) is 0 Å². The second-order valence-corrected chi connectivity index (χ2v) is 5.24. The summed E-state index contributed by atoms with van der Waals surface area (Å²) >= 11 is 0. The number of hydrogen-bond donors (Lipinski definition) is 2. The molecule has 5 nitrogen and oxygen atoms in total. The van der Waals surface area contributed by atoms with Crippen LogP contribution in [-0.2, 0) is 14.8 Å². The molecule has 86 valence electrons. The molecule has 0 aromatic rings. The maximum absolute atomic E-state index is 11.2. The first kappa shape index (κ1) is 13.8. The lowest BCUT2D eigenvalue weighted by atomic mass is 10.4. The van der Waals surface area contributed by atoms with E-state index in [1.165, 1.54) is 7.11 Å². The molecule has 0 unspecified atom stereocenters. The van der Waals surface area contributed by atoms with Crippen LogP contribution >= 0.6 is 0 Å². The van der Waals surface area contributed by atoms with Gasteiger partial charge < -0.3 is 10.1 Å². The maximum atomic E-state index is 11.2. The summed E-state index contributed by atoms with van der Waals surface area (Å²) in [6, 6.07) is 0.374. The van der Waals surface area contributed by atoms with E-state index in [1.54, 1.807) is 0 Å². The van der Waals surface area contributed by atoms with E-state index in [9.17, 15) is 8.42 Å². The molecule has 0 heterocycles. The van der Waals surface area contributed by atoms with Crippen LogP contribution in [0.3, 0.4) is 0 Å². The first-order valence-corrected chi connectivity index (χ1v) is 6.33. The molecule has 0 amide bonds. The Morgan fingerprint density at radius 2 is 1.93 bits per heavy atom. The van der Waals surface area contributed by atoms with Crippen molar-refractivity contribution in [2.75, 3.05) is 32.6 Å². The number of methoxy groups -OCH3 is 1. The number of sulfonamides is 1. The Labute approximate surface area is 86.3 Å². The highest BCUT2D eigenvalue weighted by molar-refractivity contribution is 7.89. The largest absolute Gasteiger partial charge is 0.384 e. The third-order valence-electron chi connectivity index (χ3n) is 1.56. The maximum Gasteiger partial charge on any atom is 0.213 e. The Hall–Kier alpha value is -0.170. The summed E-state index contributed by atoms with van der Waals surface area (Å²) < 4.78 is 29.6. The van der Waals surface area contributed by atoms with Gasteiger partial charge in [-0.05, 0) is 0 Å². The molecule has 0 aromatic carbocycles. The summed E-state index contributed by atoms with van der Waals surface area (Å²) in [5, 5.41) is 3.12. The normalized spacial score (nSPS) is 12.3. The molecule has 0 saturated heterocycles. The standard InChI is InChI=1S/C8H20N2O3S/c1-8(2)9-4-5-10-14(11,12)7-6-13-3/h8-10H,4-7H2,1-3H3. The van der Waals surface area contributed by atoms with E-state index in [-0.39, 0.29) is 12.4 Å². The van der Waals surface area contributed by atoms with Crippen LogP contribution in [0.1, 0.15) is 13.8 Å². The van der Waals surface area contributed by atoms with Crippen molar-refractivity contribution >= 4 is 10.0 Å². The number of ether oxygens (including phenoxy) is 1. The van der Waals surface area contributed by atoms with E-state index < -0.39 is 10.0 Å². The summed E-state index contributed by atoms with van der Waals surface area (Å²) in [5.74, 6) is 0.0190. The van der Waals surface area contributed by atoms with Crippen molar-refractivity contribution in [3.8, 4) is 0 Å². The lowest BCUT2D eigenvalue weighted by Gasteiger charge is -2.09. The third-order valence-corrected chi connectivity index (χ3v) is 2.90. The van der Waals surface area contributed by atoms with Crippen molar-refractivity contribution in [2.24, 2.45) is 0 Å². The van der Waals surface area contributed by atoms with Crippen LogP contribution < -0.4 is 10.0 Å². The number of nitrogens with one attached hydrogen (secondary N) is 2. The van der Waals surface area contributed by atoms with Crippen LogP contribution in [0.4, 0.5) is 0 Å². The monoisotopic (exact) mass is 224 g/mol. The molecular weight excluding hydrogens is 204 g/mol.